The first kappa shape index (κ1) is 13.0. The number of nitrogens with two attached hydrogens (primary N) is 1. The van der Waals surface area contributed by atoms with E-state index in [0.29, 0.717) is 17.2 Å². The number of amides is 1. The molecule has 98 valence electrons. The molecule has 2 aromatic rings. The number of nitrogens with zero attached hydrogens (tertiary/aromatic N) is 2. The van der Waals surface area contributed by atoms with Crippen LogP contribution in [0, 0.1) is 20.8 Å². The quantitative estimate of drug-likeness (QED) is 0.807. The van der Waals surface area contributed by atoms with Gasteiger partial charge in [0.2, 0.25) is 5.95 Å². The number of hydrogen-bond acceptors (Lipinski definition) is 4. The minimum atomic E-state index is -0.291. The van der Waals surface area contributed by atoms with Gasteiger partial charge in [-0.2, -0.15) is 0 Å². The number of carbonyl (C=O) groups excluding carboxylic acids is 1. The van der Waals surface area contributed by atoms with Crippen LogP contribution in [0.5, 0.6) is 0 Å². The Kier molecular flexibility index (Phi) is 3.46. The maximum atomic E-state index is 12.2. The SMILES string of the molecule is Cc1cc(C)nc(NC(=O)c2c(C)cccc2N)n1. The molecule has 19 heavy (non-hydrogen) atoms. The summed E-state index contributed by atoms with van der Waals surface area (Å²) in [5.41, 5.74) is 9.18. The van der Waals surface area contributed by atoms with E-state index in [1.807, 2.05) is 39.0 Å². The minimum Gasteiger partial charge on any atom is -0.398 e. The second-order valence-electron chi connectivity index (χ2n) is 4.47. The zero-order valence-electron chi connectivity index (χ0n) is 11.2. The molecule has 0 aliphatic rings. The van der Waals surface area contributed by atoms with Crippen LogP contribution in [0.25, 0.3) is 0 Å². The van der Waals surface area contributed by atoms with E-state index in [0.717, 1.165) is 17.0 Å². The number of carbonyl (C=O) groups is 1. The lowest BCUT2D eigenvalue weighted by Gasteiger charge is -2.09. The molecule has 0 aliphatic carbocycles. The van der Waals surface area contributed by atoms with Crippen LogP contribution in [0.4, 0.5) is 11.6 Å². The summed E-state index contributed by atoms with van der Waals surface area (Å²) in [7, 11) is 0. The Hall–Kier alpha value is -2.43. The molecule has 0 aliphatic heterocycles. The molecule has 1 aromatic heterocycles. The van der Waals surface area contributed by atoms with Crippen molar-refractivity contribution < 1.29 is 4.79 Å². The van der Waals surface area contributed by atoms with Crippen molar-refractivity contribution in [3.63, 3.8) is 0 Å². The van der Waals surface area contributed by atoms with E-state index in [9.17, 15) is 4.79 Å². The molecule has 0 saturated carbocycles. The van der Waals surface area contributed by atoms with Crippen molar-refractivity contribution in [2.45, 2.75) is 20.8 Å². The van der Waals surface area contributed by atoms with Crippen LogP contribution < -0.4 is 11.1 Å². The second-order valence-corrected chi connectivity index (χ2v) is 4.47. The van der Waals surface area contributed by atoms with Gasteiger partial charge in [-0.3, -0.25) is 10.1 Å². The van der Waals surface area contributed by atoms with Gasteiger partial charge in [-0.1, -0.05) is 12.1 Å². The molecule has 0 spiro atoms. The van der Waals surface area contributed by atoms with Crippen molar-refractivity contribution in [2.75, 3.05) is 11.1 Å². The van der Waals surface area contributed by atoms with Gasteiger partial charge in [-0.05, 0) is 38.5 Å². The molecule has 2 rings (SSSR count). The number of hydrogen-bond donors (Lipinski definition) is 2. The van der Waals surface area contributed by atoms with Crippen molar-refractivity contribution >= 4 is 17.5 Å². The topological polar surface area (TPSA) is 80.9 Å². The average molecular weight is 256 g/mol. The molecule has 3 N–H and O–H groups in total. The van der Waals surface area contributed by atoms with Crippen LogP contribution in [-0.4, -0.2) is 15.9 Å². The van der Waals surface area contributed by atoms with Gasteiger partial charge in [0.15, 0.2) is 0 Å². The molecule has 0 fully saturated rings. The van der Waals surface area contributed by atoms with Crippen molar-refractivity contribution in [1.82, 2.24) is 9.97 Å². The zero-order chi connectivity index (χ0) is 14.0. The summed E-state index contributed by atoms with van der Waals surface area (Å²) in [6.45, 7) is 5.55. The Labute approximate surface area is 111 Å². The van der Waals surface area contributed by atoms with Gasteiger partial charge in [0.05, 0.1) is 5.56 Å². The first-order valence-electron chi connectivity index (χ1n) is 5.96. The summed E-state index contributed by atoms with van der Waals surface area (Å²) in [4.78, 5) is 20.6. The number of aromatic nitrogens is 2. The third-order valence-electron chi connectivity index (χ3n) is 2.74. The van der Waals surface area contributed by atoms with E-state index >= 15 is 0 Å². The van der Waals surface area contributed by atoms with E-state index in [1.165, 1.54) is 0 Å². The molecule has 0 unspecified atom stereocenters. The minimum absolute atomic E-state index is 0.291. The molecule has 1 amide bonds. The Morgan fingerprint density at radius 3 is 2.37 bits per heavy atom. The Balaban J connectivity index is 2.31. The second kappa shape index (κ2) is 5.06. The molecular formula is C14H16N4O. The highest BCUT2D eigenvalue weighted by atomic mass is 16.1. The molecule has 5 nitrogen and oxygen atoms in total. The molecule has 0 bridgehead atoms. The van der Waals surface area contributed by atoms with Gasteiger partial charge in [0, 0.05) is 17.1 Å². The highest BCUT2D eigenvalue weighted by Crippen LogP contribution is 2.17. The normalized spacial score (nSPS) is 10.3. The Morgan fingerprint density at radius 1 is 1.16 bits per heavy atom. The lowest BCUT2D eigenvalue weighted by molar-refractivity contribution is 0.102. The van der Waals surface area contributed by atoms with E-state index in [1.54, 1.807) is 6.07 Å². The number of aryl methyl sites for hydroxylation is 3. The highest BCUT2D eigenvalue weighted by Gasteiger charge is 2.14. The molecule has 5 heteroatoms. The molecule has 0 radical (unpaired) electrons. The van der Waals surface area contributed by atoms with Gasteiger partial charge in [-0.25, -0.2) is 9.97 Å². The third kappa shape index (κ3) is 2.88. The van der Waals surface area contributed by atoms with Crippen molar-refractivity contribution in [3.05, 3.63) is 46.8 Å². The van der Waals surface area contributed by atoms with Crippen LogP contribution in [0.15, 0.2) is 24.3 Å². The zero-order valence-corrected chi connectivity index (χ0v) is 11.2. The largest absolute Gasteiger partial charge is 0.398 e. The molecule has 0 atom stereocenters. The monoisotopic (exact) mass is 256 g/mol. The Bertz CT molecular complexity index is 597. The summed E-state index contributed by atoms with van der Waals surface area (Å²) in [5, 5.41) is 2.68. The summed E-state index contributed by atoms with van der Waals surface area (Å²) in [6.07, 6.45) is 0. The van der Waals surface area contributed by atoms with Crippen LogP contribution in [0.2, 0.25) is 0 Å². The molecule has 0 saturated heterocycles. The summed E-state index contributed by atoms with van der Waals surface area (Å²) < 4.78 is 0. The predicted molar refractivity (Wildman–Crippen MR) is 75.1 cm³/mol. The number of rotatable bonds is 2. The van der Waals surface area contributed by atoms with Crippen LogP contribution in [-0.2, 0) is 0 Å². The van der Waals surface area contributed by atoms with Crippen molar-refractivity contribution in [1.29, 1.82) is 0 Å². The van der Waals surface area contributed by atoms with Crippen LogP contribution in [0.1, 0.15) is 27.3 Å². The molecular weight excluding hydrogens is 240 g/mol. The first-order valence-corrected chi connectivity index (χ1v) is 5.96. The van der Waals surface area contributed by atoms with E-state index in [2.05, 4.69) is 15.3 Å². The van der Waals surface area contributed by atoms with Crippen molar-refractivity contribution in [3.8, 4) is 0 Å². The van der Waals surface area contributed by atoms with Gasteiger partial charge < -0.3 is 5.73 Å². The predicted octanol–water partition coefficient (Wildman–Crippen LogP) is 2.24. The maximum Gasteiger partial charge on any atom is 0.260 e. The van der Waals surface area contributed by atoms with Gasteiger partial charge in [0.25, 0.3) is 5.91 Å². The molecule has 1 aromatic carbocycles. The third-order valence-corrected chi connectivity index (χ3v) is 2.74. The fourth-order valence-corrected chi connectivity index (χ4v) is 1.95. The van der Waals surface area contributed by atoms with Gasteiger partial charge in [0.1, 0.15) is 0 Å². The van der Waals surface area contributed by atoms with E-state index in [4.69, 9.17) is 5.73 Å². The highest BCUT2D eigenvalue weighted by molar-refractivity contribution is 6.08. The Morgan fingerprint density at radius 2 is 1.79 bits per heavy atom. The lowest BCUT2D eigenvalue weighted by Crippen LogP contribution is -2.17. The number of nitrogens with one attached hydrogen (secondary N) is 1. The summed E-state index contributed by atoms with van der Waals surface area (Å²) in [5.74, 6) is 0.00533. The summed E-state index contributed by atoms with van der Waals surface area (Å²) in [6, 6.07) is 7.20. The van der Waals surface area contributed by atoms with E-state index in [-0.39, 0.29) is 5.91 Å². The van der Waals surface area contributed by atoms with E-state index < -0.39 is 0 Å². The average Bonchev–Trinajstić information content (AvgIpc) is 2.26. The van der Waals surface area contributed by atoms with Crippen LogP contribution >= 0.6 is 0 Å². The fraction of sp³-hybridized carbons (Fsp3) is 0.214. The summed E-state index contributed by atoms with van der Waals surface area (Å²) >= 11 is 0. The molecule has 1 heterocycles. The first-order chi connectivity index (χ1) is 8.97. The smallest absolute Gasteiger partial charge is 0.260 e. The number of anilines is 2. The number of benzene rings is 1. The van der Waals surface area contributed by atoms with Gasteiger partial charge >= 0.3 is 0 Å². The number of nitrogen functional groups attached to an aromatic ring is 1. The standard InChI is InChI=1S/C14H16N4O/c1-8-5-4-6-11(15)12(8)13(19)18-14-16-9(2)7-10(3)17-14/h4-7H,15H2,1-3H3,(H,16,17,18,19). The fourth-order valence-electron chi connectivity index (χ4n) is 1.95. The van der Waals surface area contributed by atoms with Crippen LogP contribution in [0.3, 0.4) is 0 Å². The van der Waals surface area contributed by atoms with Gasteiger partial charge in [-0.15, -0.1) is 0 Å². The lowest BCUT2D eigenvalue weighted by atomic mass is 10.1. The van der Waals surface area contributed by atoms with Crippen molar-refractivity contribution in [2.24, 2.45) is 0 Å². The maximum absolute atomic E-state index is 12.2.